The van der Waals surface area contributed by atoms with Crippen LogP contribution in [-0.2, 0) is 67.7 Å². The Hall–Kier alpha value is -2.43. The van der Waals surface area contributed by atoms with Crippen molar-refractivity contribution in [3.05, 3.63) is 105 Å². The summed E-state index contributed by atoms with van der Waals surface area (Å²) < 4.78 is 165. The minimum atomic E-state index is -5.12. The number of benzene rings is 5. The molecule has 0 aliphatic rings. The van der Waals surface area contributed by atoms with E-state index in [-0.39, 0.29) is 196 Å². The van der Waals surface area contributed by atoms with Gasteiger partial charge in [-0.25, -0.2) is 42.1 Å². The Balaban J connectivity index is 0. The Labute approximate surface area is 522 Å². The normalized spacial score (nSPS) is 11.4. The zero-order valence-corrected chi connectivity index (χ0v) is 51.8. The van der Waals surface area contributed by atoms with Crippen molar-refractivity contribution in [1.82, 2.24) is 15.0 Å². The smallest absolute Gasteiger partial charge is 0.744 e. The molecule has 7 N–H and O–H groups in total. The summed E-state index contributed by atoms with van der Waals surface area (Å²) in [6.07, 6.45) is -1.21. The second-order valence-corrected chi connectivity index (χ2v) is 20.1. The minimum Gasteiger partial charge on any atom is -0.744 e. The van der Waals surface area contributed by atoms with Crippen molar-refractivity contribution in [3.8, 4) is 11.5 Å². The van der Waals surface area contributed by atoms with Crippen LogP contribution in [0.25, 0.3) is 10.8 Å². The first-order chi connectivity index (χ1) is 31.9. The molecule has 1 radical (unpaired) electrons. The number of fused-ring (bicyclic) bond motifs is 1. The second-order valence-electron chi connectivity index (χ2n) is 12.9. The molecule has 27 nitrogen and oxygen atoms in total. The third-order valence-corrected chi connectivity index (χ3v) is 12.2. The molecule has 6 aromatic rings. The fourth-order valence-corrected chi connectivity index (χ4v) is 7.44. The monoisotopic (exact) mass is 1210 g/mol. The summed E-state index contributed by atoms with van der Waals surface area (Å²) in [4.78, 5) is 10.4. The number of azo groups is 2. The molecule has 0 atom stereocenters. The zero-order valence-electron chi connectivity index (χ0n) is 38.8. The van der Waals surface area contributed by atoms with Gasteiger partial charge in [0.25, 0.3) is 0 Å². The van der Waals surface area contributed by atoms with Gasteiger partial charge in [-0.05, 0) is 60.7 Å². The molecule has 0 amide bonds. The molecule has 1 aromatic heterocycles. The van der Waals surface area contributed by atoms with E-state index in [2.05, 4.69) is 71.3 Å². The van der Waals surface area contributed by atoms with Crippen LogP contribution in [-0.4, -0.2) is 109 Å². The van der Waals surface area contributed by atoms with Crippen molar-refractivity contribution in [2.75, 3.05) is 34.5 Å². The van der Waals surface area contributed by atoms with Gasteiger partial charge < -0.3 is 53.7 Å². The van der Waals surface area contributed by atoms with E-state index in [1.807, 2.05) is 0 Å². The summed E-state index contributed by atoms with van der Waals surface area (Å²) in [5.74, 6) is -2.31. The molecular formula is C36H31CuFN10Na4O17S5-2. The number of anilines is 5. The average Bonchev–Trinajstić information content (AvgIpc) is 3.24. The predicted octanol–water partition coefficient (Wildman–Crippen LogP) is -7.12. The van der Waals surface area contributed by atoms with Crippen LogP contribution < -0.4 is 134 Å². The number of halogens is 1. The maximum absolute atomic E-state index is 14.5. The first kappa shape index (κ1) is 73.6. The topological polar surface area (TPSA) is 445 Å². The Bertz CT molecular complexity index is 3520. The van der Waals surface area contributed by atoms with Gasteiger partial charge in [0.15, 0.2) is 19.7 Å². The number of nitrogens with zero attached hydrogens (tertiary/aromatic N) is 7. The molecule has 6 rings (SSSR count). The number of nitrogens with one attached hydrogen (secondary N) is 3. The van der Waals surface area contributed by atoms with E-state index in [0.717, 1.165) is 18.2 Å². The van der Waals surface area contributed by atoms with Gasteiger partial charge in [0.1, 0.15) is 27.2 Å². The molecule has 0 bridgehead atoms. The third kappa shape index (κ3) is 22.9. The van der Waals surface area contributed by atoms with Crippen LogP contribution in [0.15, 0.2) is 114 Å². The van der Waals surface area contributed by atoms with E-state index < -0.39 is 84.5 Å². The molecule has 0 saturated carbocycles. The molecule has 381 valence electrons. The number of aromatic nitrogens is 3. The Morgan fingerprint density at radius 1 is 0.635 bits per heavy atom. The molecule has 0 aliphatic carbocycles. The number of hydrogen-bond acceptors (Lipinski definition) is 25. The maximum atomic E-state index is 14.5. The van der Waals surface area contributed by atoms with Crippen molar-refractivity contribution in [1.29, 1.82) is 0 Å². The van der Waals surface area contributed by atoms with Gasteiger partial charge in [-0.3, -0.25) is 9.11 Å². The van der Waals surface area contributed by atoms with Crippen LogP contribution in [0.3, 0.4) is 0 Å². The van der Waals surface area contributed by atoms with Crippen molar-refractivity contribution < 1.29 is 215 Å². The second kappa shape index (κ2) is 31.2. The van der Waals surface area contributed by atoms with E-state index in [1.165, 1.54) is 60.7 Å². The quantitative estimate of drug-likeness (QED) is 0.0175. The van der Waals surface area contributed by atoms with Crippen LogP contribution in [0.2, 0.25) is 0 Å². The molecular weight excluding hydrogens is 1180 g/mol. The number of aromatic hydroxyl groups is 2. The van der Waals surface area contributed by atoms with Crippen molar-refractivity contribution in [2.24, 2.45) is 20.5 Å². The largest absolute Gasteiger partial charge is 1.00 e. The molecule has 38 heteroatoms. The molecule has 74 heavy (non-hydrogen) atoms. The number of sulfone groups is 2. The molecule has 0 aliphatic heterocycles. The summed E-state index contributed by atoms with van der Waals surface area (Å²) in [7, 11) is -20.7. The van der Waals surface area contributed by atoms with E-state index in [1.54, 1.807) is 7.05 Å². The fraction of sp³-hybridized carbons (Fsp3) is 0.0833. The van der Waals surface area contributed by atoms with Gasteiger partial charge in [-0.1, -0.05) is 28.3 Å². The predicted molar refractivity (Wildman–Crippen MR) is 237 cm³/mol. The summed E-state index contributed by atoms with van der Waals surface area (Å²) in [5, 5.41) is 46.3. The van der Waals surface area contributed by atoms with E-state index in [0.29, 0.717) is 11.4 Å². The van der Waals surface area contributed by atoms with Gasteiger partial charge in [0.05, 0.1) is 20.4 Å². The Kier molecular flexibility index (Phi) is 31.1. The molecule has 5 aromatic carbocycles. The Morgan fingerprint density at radius 3 is 1.62 bits per heavy atom. The molecule has 0 spiro atoms. The summed E-state index contributed by atoms with van der Waals surface area (Å²) >= 11 is 0. The first-order valence-corrected chi connectivity index (χ1v) is 25.5. The molecule has 0 saturated heterocycles. The van der Waals surface area contributed by atoms with Gasteiger partial charge in [-0.2, -0.15) is 46.8 Å². The fourth-order valence-electron chi connectivity index (χ4n) is 5.26. The minimum absolute atomic E-state index is 0. The van der Waals surface area contributed by atoms with Crippen LogP contribution in [0.1, 0.15) is 0 Å². The van der Waals surface area contributed by atoms with Crippen molar-refractivity contribution in [2.45, 2.75) is 14.7 Å². The maximum Gasteiger partial charge on any atom is 1.00 e. The number of hydrogen-bond donors (Lipinski definition) is 7. The van der Waals surface area contributed by atoms with Gasteiger partial charge in [-0.15, -0.1) is 5.11 Å². The molecule has 0 unspecified atom stereocenters. The first-order valence-electron chi connectivity index (χ1n) is 18.0. The van der Waals surface area contributed by atoms with Crippen LogP contribution in [0.5, 0.6) is 11.5 Å². The van der Waals surface area contributed by atoms with E-state index in [4.69, 9.17) is 35.0 Å². The number of phenolic OH excluding ortho intramolecular Hbond substituents is 2. The van der Waals surface area contributed by atoms with Crippen LogP contribution in [0, 0.1) is 26.0 Å². The van der Waals surface area contributed by atoms with E-state index in [9.17, 15) is 44.4 Å². The standard InChI is InChI=1S/C36H30FN10O9S3.Cu.4Na.2H2O4S/c1-4-57(50,51)22-9-6-20(7-10-22)39-35-41-34(37)42-36(43-35)40-21-8-17-31(59(54,55)56)29(18-21)46-47-32-24-12-16-28(33(49)25(24)13-15-27(32)38-3)45-44-26-14-11-23(19-30(26)48)58(52,53)5-2;;;;;;2*1-5(2,3)4/h6-15,17-19,38,48-49H,1-2,4-5H2,3H3,(H,54,55,56)(H2,39,40,41,42,43);;;;;;2*(H2,1,2,3,4)/q-3;;4*+1;;/p-3. The van der Waals surface area contributed by atoms with Crippen molar-refractivity contribution in [3.63, 3.8) is 0 Å². The molecule has 0 fully saturated rings. The summed E-state index contributed by atoms with van der Waals surface area (Å²) in [5.41, 5.74) is 0.0596. The third-order valence-electron chi connectivity index (χ3n) is 8.24. The molecule has 1 heterocycles. The van der Waals surface area contributed by atoms with Gasteiger partial charge in [0.2, 0.25) is 32.7 Å². The summed E-state index contributed by atoms with van der Waals surface area (Å²) in [6.45, 7) is 6.76. The van der Waals surface area contributed by atoms with Gasteiger partial charge in [0, 0.05) is 58.7 Å². The number of phenols is 2. The van der Waals surface area contributed by atoms with E-state index >= 15 is 0 Å². The average molecular weight is 1210 g/mol. The summed E-state index contributed by atoms with van der Waals surface area (Å²) in [6, 6.07) is 19.3. The Morgan fingerprint density at radius 2 is 1.12 bits per heavy atom. The van der Waals surface area contributed by atoms with Gasteiger partial charge >= 0.3 is 124 Å². The SMILES string of the molecule is O=S(=O)([O-])O.O=S(=O)([O-])O.[CH2-]CS(=O)(=O)c1ccc(Nc2nc(F)nc(Nc3ccc(S(=O)(=O)[O-])c(N=Nc4c(NC)ccc5c(O)c(N=Nc6ccc(S(=O)(=O)C[CH2-])cc6O)[c-]cc45)c3)n2)cc1.[Cu].[Na+].[Na+].[Na+].[Na+]. The van der Waals surface area contributed by atoms with Crippen LogP contribution >= 0.6 is 0 Å². The van der Waals surface area contributed by atoms with Crippen LogP contribution in [0.4, 0.5) is 56.1 Å². The zero-order chi connectivity index (χ0) is 51.7. The van der Waals surface area contributed by atoms with Crippen molar-refractivity contribution >= 4 is 113 Å². The number of rotatable bonds is 14.